The number of halogens is 1. The van der Waals surface area contributed by atoms with E-state index < -0.39 is 5.82 Å². The Morgan fingerprint density at radius 1 is 1.08 bits per heavy atom. The lowest BCUT2D eigenvalue weighted by Gasteiger charge is -2.26. The maximum Gasteiger partial charge on any atom is 0.179 e. The quantitative estimate of drug-likeness (QED) is 0.524. The third kappa shape index (κ3) is 5.76. The molecule has 0 radical (unpaired) electrons. The van der Waals surface area contributed by atoms with Crippen LogP contribution in [0.15, 0.2) is 18.2 Å². The average molecular weight is 364 g/mol. The highest BCUT2D eigenvalue weighted by Crippen LogP contribution is 2.18. The van der Waals surface area contributed by atoms with Crippen molar-refractivity contribution in [2.75, 3.05) is 59.1 Å². The van der Waals surface area contributed by atoms with Gasteiger partial charge in [0.2, 0.25) is 0 Å². The molecular weight excluding hydrogens is 335 g/mol. The first-order valence-electron chi connectivity index (χ1n) is 9.70. The molecule has 0 N–H and O–H groups in total. The van der Waals surface area contributed by atoms with Gasteiger partial charge in [-0.1, -0.05) is 6.42 Å². The van der Waals surface area contributed by atoms with Crippen LogP contribution in [0.4, 0.5) is 4.39 Å². The fraction of sp³-hybridized carbons (Fsp3) is 0.650. The summed E-state index contributed by atoms with van der Waals surface area (Å²) in [5, 5.41) is 0. The van der Waals surface area contributed by atoms with Gasteiger partial charge in [0.05, 0.1) is 31.9 Å². The molecule has 0 bridgehead atoms. The maximum atomic E-state index is 14.3. The van der Waals surface area contributed by atoms with E-state index in [1.807, 2.05) is 4.90 Å². The summed E-state index contributed by atoms with van der Waals surface area (Å²) in [6, 6.07) is 4.56. The Balaban J connectivity index is 1.43. The number of Topliss-reactive ketones (excluding diaryl/α,β-unsaturated/α-hetero) is 1. The van der Waals surface area contributed by atoms with Gasteiger partial charge in [-0.2, -0.15) is 0 Å². The van der Waals surface area contributed by atoms with Gasteiger partial charge in [-0.3, -0.25) is 9.69 Å². The average Bonchev–Trinajstić information content (AvgIpc) is 2.67. The molecule has 0 aliphatic carbocycles. The highest BCUT2D eigenvalue weighted by Gasteiger charge is 2.18. The van der Waals surface area contributed by atoms with E-state index in [0.717, 1.165) is 13.0 Å². The number of ether oxygens (including phenoxy) is 2. The Morgan fingerprint density at radius 2 is 1.85 bits per heavy atom. The summed E-state index contributed by atoms with van der Waals surface area (Å²) < 4.78 is 25.2. The van der Waals surface area contributed by atoms with Gasteiger partial charge in [-0.15, -0.1) is 0 Å². The van der Waals surface area contributed by atoms with E-state index >= 15 is 0 Å². The fourth-order valence-electron chi connectivity index (χ4n) is 3.52. The van der Waals surface area contributed by atoms with E-state index in [-0.39, 0.29) is 17.9 Å². The Labute approximate surface area is 155 Å². The second-order valence-corrected chi connectivity index (χ2v) is 7.06. The third-order valence-electron chi connectivity index (χ3n) is 5.05. The van der Waals surface area contributed by atoms with Gasteiger partial charge in [0.15, 0.2) is 5.78 Å². The van der Waals surface area contributed by atoms with Crippen molar-refractivity contribution in [1.82, 2.24) is 9.80 Å². The topological polar surface area (TPSA) is 42.0 Å². The zero-order chi connectivity index (χ0) is 18.2. The first-order valence-corrected chi connectivity index (χ1v) is 9.70. The molecule has 2 aliphatic rings. The number of ketones is 1. The zero-order valence-corrected chi connectivity index (χ0v) is 15.4. The van der Waals surface area contributed by atoms with Gasteiger partial charge in [0, 0.05) is 25.7 Å². The van der Waals surface area contributed by atoms with E-state index in [1.54, 1.807) is 6.07 Å². The van der Waals surface area contributed by atoms with Crippen molar-refractivity contribution in [2.24, 2.45) is 0 Å². The minimum Gasteiger partial charge on any atom is -0.493 e. The zero-order valence-electron chi connectivity index (χ0n) is 15.4. The van der Waals surface area contributed by atoms with E-state index in [0.29, 0.717) is 38.7 Å². The normalized spacial score (nSPS) is 19.4. The summed E-state index contributed by atoms with van der Waals surface area (Å²) in [7, 11) is 0. The van der Waals surface area contributed by atoms with Crippen LogP contribution in [0.25, 0.3) is 0 Å². The minimum absolute atomic E-state index is 0.136. The molecule has 2 aliphatic heterocycles. The third-order valence-corrected chi connectivity index (χ3v) is 5.05. The lowest BCUT2D eigenvalue weighted by Crippen LogP contribution is -2.39. The molecule has 144 valence electrons. The second-order valence-electron chi connectivity index (χ2n) is 7.06. The molecule has 2 heterocycles. The van der Waals surface area contributed by atoms with Crippen LogP contribution < -0.4 is 4.74 Å². The predicted molar refractivity (Wildman–Crippen MR) is 98.4 cm³/mol. The van der Waals surface area contributed by atoms with Crippen LogP contribution in [0.3, 0.4) is 0 Å². The summed E-state index contributed by atoms with van der Waals surface area (Å²) >= 11 is 0. The monoisotopic (exact) mass is 364 g/mol. The Kier molecular flexibility index (Phi) is 7.41. The van der Waals surface area contributed by atoms with Gasteiger partial charge in [-0.25, -0.2) is 4.39 Å². The molecule has 26 heavy (non-hydrogen) atoms. The first kappa shape index (κ1) is 19.3. The van der Waals surface area contributed by atoms with Gasteiger partial charge in [0.1, 0.15) is 11.6 Å². The number of hydrogen-bond donors (Lipinski definition) is 0. The minimum atomic E-state index is -0.503. The summed E-state index contributed by atoms with van der Waals surface area (Å²) in [5.74, 6) is -0.207. The maximum absolute atomic E-state index is 14.3. The van der Waals surface area contributed by atoms with E-state index in [4.69, 9.17) is 9.47 Å². The molecule has 0 spiro atoms. The number of nitrogens with zero attached hydrogens (tertiary/aromatic N) is 2. The molecule has 5 nitrogen and oxygen atoms in total. The highest BCUT2D eigenvalue weighted by atomic mass is 19.1. The number of rotatable bonds is 8. The van der Waals surface area contributed by atoms with E-state index in [1.165, 1.54) is 44.5 Å². The SMILES string of the molecule is O=C(CN1CCOCC1)c1ccc(OCCCN2CCCCC2)cc1F. The molecular formula is C20H29FN2O3. The van der Waals surface area contributed by atoms with Gasteiger partial charge < -0.3 is 14.4 Å². The number of hydrogen-bond acceptors (Lipinski definition) is 5. The van der Waals surface area contributed by atoms with Crippen molar-refractivity contribution >= 4 is 5.78 Å². The Morgan fingerprint density at radius 3 is 2.58 bits per heavy atom. The smallest absolute Gasteiger partial charge is 0.179 e. The van der Waals surface area contributed by atoms with Crippen LogP contribution in [-0.2, 0) is 4.74 Å². The molecule has 2 saturated heterocycles. The molecule has 0 unspecified atom stereocenters. The summed E-state index contributed by atoms with van der Waals surface area (Å²) in [6.07, 6.45) is 4.83. The molecule has 6 heteroatoms. The van der Waals surface area contributed by atoms with Gasteiger partial charge in [0.25, 0.3) is 0 Å². The Bertz CT molecular complexity index is 584. The van der Waals surface area contributed by atoms with Crippen LogP contribution >= 0.6 is 0 Å². The highest BCUT2D eigenvalue weighted by molar-refractivity contribution is 5.98. The standard InChI is InChI=1S/C20H29FN2O3/c21-19-15-17(26-12-4-9-22-7-2-1-3-8-22)5-6-18(19)20(24)16-23-10-13-25-14-11-23/h5-6,15H,1-4,7-14,16H2. The number of likely N-dealkylation sites (tertiary alicyclic amines) is 1. The van der Waals surface area contributed by atoms with Gasteiger partial charge in [-0.05, 0) is 44.5 Å². The van der Waals surface area contributed by atoms with Crippen LogP contribution in [0.5, 0.6) is 5.75 Å². The number of benzene rings is 1. The number of morpholine rings is 1. The molecule has 0 saturated carbocycles. The van der Waals surface area contributed by atoms with Crippen molar-refractivity contribution in [3.05, 3.63) is 29.6 Å². The lowest BCUT2D eigenvalue weighted by atomic mass is 10.1. The van der Waals surface area contributed by atoms with Crippen LogP contribution in [0, 0.1) is 5.82 Å². The van der Waals surface area contributed by atoms with Crippen molar-refractivity contribution in [2.45, 2.75) is 25.7 Å². The molecule has 0 amide bonds. The van der Waals surface area contributed by atoms with Crippen LogP contribution in [0.1, 0.15) is 36.0 Å². The largest absolute Gasteiger partial charge is 0.493 e. The van der Waals surface area contributed by atoms with Crippen molar-refractivity contribution in [3.8, 4) is 5.75 Å². The van der Waals surface area contributed by atoms with Crippen molar-refractivity contribution in [1.29, 1.82) is 0 Å². The van der Waals surface area contributed by atoms with E-state index in [9.17, 15) is 9.18 Å². The summed E-state index contributed by atoms with van der Waals surface area (Å²) in [6.45, 7) is 6.85. The number of piperidine rings is 1. The first-order chi connectivity index (χ1) is 12.7. The number of carbonyl (C=O) groups is 1. The Hall–Kier alpha value is -1.50. The number of carbonyl (C=O) groups excluding carboxylic acids is 1. The predicted octanol–water partition coefficient (Wildman–Crippen LogP) is 2.60. The van der Waals surface area contributed by atoms with Crippen LogP contribution in [0.2, 0.25) is 0 Å². The summed E-state index contributed by atoms with van der Waals surface area (Å²) in [5.41, 5.74) is 0.136. The second kappa shape index (κ2) is 10.00. The molecule has 1 aromatic carbocycles. The molecule has 0 atom stereocenters. The molecule has 1 aromatic rings. The van der Waals surface area contributed by atoms with Crippen molar-refractivity contribution < 1.29 is 18.7 Å². The summed E-state index contributed by atoms with van der Waals surface area (Å²) in [4.78, 5) is 16.8. The van der Waals surface area contributed by atoms with Gasteiger partial charge >= 0.3 is 0 Å². The lowest BCUT2D eigenvalue weighted by molar-refractivity contribution is 0.0370. The fourth-order valence-corrected chi connectivity index (χ4v) is 3.52. The molecule has 2 fully saturated rings. The van der Waals surface area contributed by atoms with Crippen LogP contribution in [-0.4, -0.2) is 74.7 Å². The molecule has 0 aromatic heterocycles. The van der Waals surface area contributed by atoms with E-state index in [2.05, 4.69) is 4.90 Å². The van der Waals surface area contributed by atoms with Crippen molar-refractivity contribution in [3.63, 3.8) is 0 Å². The molecule has 3 rings (SSSR count).